The van der Waals surface area contributed by atoms with E-state index in [0.29, 0.717) is 44.8 Å². The highest BCUT2D eigenvalue weighted by molar-refractivity contribution is 7.88. The Bertz CT molecular complexity index is 813. The number of pyridine rings is 1. The zero-order valence-electron chi connectivity index (χ0n) is 14.7. The molecule has 1 aliphatic rings. The Morgan fingerprint density at radius 2 is 2.00 bits per heavy atom. The summed E-state index contributed by atoms with van der Waals surface area (Å²) in [5.74, 6) is 0.537. The van der Waals surface area contributed by atoms with Crippen LogP contribution in [-0.2, 0) is 27.9 Å². The molecule has 0 unspecified atom stereocenters. The number of nitrogens with zero attached hydrogens (tertiary/aromatic N) is 3. The fraction of sp³-hybridized carbons (Fsp3) is 0.444. The van der Waals surface area contributed by atoms with Gasteiger partial charge in [0.2, 0.25) is 15.9 Å². The summed E-state index contributed by atoms with van der Waals surface area (Å²) in [4.78, 5) is 19.1. The average Bonchev–Trinajstić information content (AvgIpc) is 3.14. The van der Waals surface area contributed by atoms with Crippen molar-refractivity contribution in [1.29, 1.82) is 0 Å². The van der Waals surface area contributed by atoms with Crippen LogP contribution >= 0.6 is 0 Å². The molecule has 26 heavy (non-hydrogen) atoms. The third-order valence-corrected chi connectivity index (χ3v) is 5.89. The van der Waals surface area contributed by atoms with Crippen molar-refractivity contribution in [2.24, 2.45) is 5.92 Å². The van der Waals surface area contributed by atoms with E-state index in [1.54, 1.807) is 23.4 Å². The summed E-state index contributed by atoms with van der Waals surface area (Å²) in [7, 11) is -3.20. The number of carbonyl (C=O) groups is 1. The number of aromatic nitrogens is 1. The van der Waals surface area contributed by atoms with Crippen molar-refractivity contribution in [3.05, 3.63) is 54.2 Å². The number of hydrogen-bond acceptors (Lipinski definition) is 5. The van der Waals surface area contributed by atoms with Crippen LogP contribution in [-0.4, -0.2) is 47.9 Å². The van der Waals surface area contributed by atoms with Gasteiger partial charge in [0.1, 0.15) is 5.76 Å². The van der Waals surface area contributed by atoms with E-state index >= 15 is 0 Å². The maximum Gasteiger partial charge on any atom is 0.226 e. The molecule has 3 heterocycles. The van der Waals surface area contributed by atoms with Gasteiger partial charge in [-0.05, 0) is 37.1 Å². The first-order chi connectivity index (χ1) is 12.4. The van der Waals surface area contributed by atoms with Crippen molar-refractivity contribution in [3.8, 4) is 0 Å². The number of rotatable bonds is 6. The SMILES string of the molecule is CS(=O)(=O)N1CCC(C(=O)N(Cc2ccccn2)Cc2ccco2)CC1. The van der Waals surface area contributed by atoms with Crippen molar-refractivity contribution in [1.82, 2.24) is 14.2 Å². The second kappa shape index (κ2) is 8.01. The molecule has 1 saturated heterocycles. The van der Waals surface area contributed by atoms with Gasteiger partial charge in [-0.3, -0.25) is 9.78 Å². The maximum absolute atomic E-state index is 13.1. The molecule has 8 heteroatoms. The first-order valence-electron chi connectivity index (χ1n) is 8.59. The Labute approximate surface area is 153 Å². The van der Waals surface area contributed by atoms with Crippen LogP contribution in [0.15, 0.2) is 47.2 Å². The number of amides is 1. The molecule has 0 N–H and O–H groups in total. The third-order valence-electron chi connectivity index (χ3n) is 4.59. The Morgan fingerprint density at radius 3 is 2.58 bits per heavy atom. The van der Waals surface area contributed by atoms with E-state index in [1.807, 2.05) is 24.3 Å². The quantitative estimate of drug-likeness (QED) is 0.767. The van der Waals surface area contributed by atoms with Gasteiger partial charge in [-0.15, -0.1) is 0 Å². The summed E-state index contributed by atoms with van der Waals surface area (Å²) in [6, 6.07) is 9.24. The van der Waals surface area contributed by atoms with Gasteiger partial charge in [-0.25, -0.2) is 12.7 Å². The summed E-state index contributed by atoms with van der Waals surface area (Å²) >= 11 is 0. The second-order valence-electron chi connectivity index (χ2n) is 6.53. The summed E-state index contributed by atoms with van der Waals surface area (Å²) in [5.41, 5.74) is 0.806. The molecule has 140 valence electrons. The third kappa shape index (κ3) is 4.70. The molecule has 1 fully saturated rings. The van der Waals surface area contributed by atoms with Crippen LogP contribution in [0.2, 0.25) is 0 Å². The minimum absolute atomic E-state index is 0.0141. The fourth-order valence-corrected chi connectivity index (χ4v) is 4.06. The molecule has 7 nitrogen and oxygen atoms in total. The van der Waals surface area contributed by atoms with Crippen molar-refractivity contribution in [3.63, 3.8) is 0 Å². The Morgan fingerprint density at radius 1 is 1.23 bits per heavy atom. The van der Waals surface area contributed by atoms with Gasteiger partial charge >= 0.3 is 0 Å². The van der Waals surface area contributed by atoms with Crippen LogP contribution < -0.4 is 0 Å². The lowest BCUT2D eigenvalue weighted by atomic mass is 9.96. The highest BCUT2D eigenvalue weighted by atomic mass is 32.2. The molecule has 0 atom stereocenters. The van der Waals surface area contributed by atoms with Crippen LogP contribution in [0.4, 0.5) is 0 Å². The van der Waals surface area contributed by atoms with Crippen LogP contribution in [0.25, 0.3) is 0 Å². The monoisotopic (exact) mass is 377 g/mol. The average molecular weight is 377 g/mol. The topological polar surface area (TPSA) is 83.7 Å². The van der Waals surface area contributed by atoms with Crippen molar-refractivity contribution in [2.75, 3.05) is 19.3 Å². The molecule has 0 aromatic carbocycles. The highest BCUT2D eigenvalue weighted by Gasteiger charge is 2.31. The molecular weight excluding hydrogens is 354 g/mol. The number of furan rings is 1. The van der Waals surface area contributed by atoms with Crippen LogP contribution in [0.1, 0.15) is 24.3 Å². The number of carbonyl (C=O) groups excluding carboxylic acids is 1. The standard InChI is InChI=1S/C18H23N3O4S/c1-26(23,24)21-10-7-15(8-11-21)18(22)20(14-17-6-4-12-25-17)13-16-5-2-3-9-19-16/h2-6,9,12,15H,7-8,10-11,13-14H2,1H3. The van der Waals surface area contributed by atoms with Gasteiger partial charge < -0.3 is 9.32 Å². The van der Waals surface area contributed by atoms with Gasteiger partial charge in [-0.2, -0.15) is 0 Å². The van der Waals surface area contributed by atoms with E-state index < -0.39 is 10.0 Å². The Hall–Kier alpha value is -2.19. The predicted octanol–water partition coefficient (Wildman–Crippen LogP) is 1.87. The molecule has 0 radical (unpaired) electrons. The maximum atomic E-state index is 13.1. The molecule has 2 aromatic heterocycles. The van der Waals surface area contributed by atoms with Crippen LogP contribution in [0, 0.1) is 5.92 Å². The number of sulfonamides is 1. The minimum Gasteiger partial charge on any atom is -0.467 e. The van der Waals surface area contributed by atoms with Gasteiger partial charge in [0.25, 0.3) is 0 Å². The van der Waals surface area contributed by atoms with E-state index in [2.05, 4.69) is 4.98 Å². The summed E-state index contributed by atoms with van der Waals surface area (Å²) in [6.07, 6.45) is 5.56. The molecular formula is C18H23N3O4S. The van der Waals surface area contributed by atoms with E-state index in [0.717, 1.165) is 5.69 Å². The molecule has 0 saturated carbocycles. The lowest BCUT2D eigenvalue weighted by Gasteiger charge is -2.32. The number of piperidine rings is 1. The largest absolute Gasteiger partial charge is 0.467 e. The molecule has 2 aromatic rings. The minimum atomic E-state index is -3.20. The molecule has 3 rings (SSSR count). The lowest BCUT2D eigenvalue weighted by molar-refractivity contribution is -0.138. The fourth-order valence-electron chi connectivity index (χ4n) is 3.18. The van der Waals surface area contributed by atoms with E-state index in [9.17, 15) is 13.2 Å². The predicted molar refractivity (Wildman–Crippen MR) is 96.3 cm³/mol. The smallest absolute Gasteiger partial charge is 0.226 e. The van der Waals surface area contributed by atoms with Gasteiger partial charge in [0.05, 0.1) is 31.3 Å². The Balaban J connectivity index is 1.70. The van der Waals surface area contributed by atoms with E-state index in [-0.39, 0.29) is 11.8 Å². The second-order valence-corrected chi connectivity index (χ2v) is 8.51. The molecule has 0 spiro atoms. The van der Waals surface area contributed by atoms with Crippen LogP contribution in [0.5, 0.6) is 0 Å². The zero-order chi connectivity index (χ0) is 18.6. The number of hydrogen-bond donors (Lipinski definition) is 0. The van der Waals surface area contributed by atoms with Crippen LogP contribution in [0.3, 0.4) is 0 Å². The summed E-state index contributed by atoms with van der Waals surface area (Å²) in [5, 5.41) is 0. The summed E-state index contributed by atoms with van der Waals surface area (Å²) in [6.45, 7) is 1.53. The lowest BCUT2D eigenvalue weighted by Crippen LogP contribution is -2.43. The van der Waals surface area contributed by atoms with E-state index in [1.165, 1.54) is 10.6 Å². The highest BCUT2D eigenvalue weighted by Crippen LogP contribution is 2.23. The zero-order valence-corrected chi connectivity index (χ0v) is 15.6. The first-order valence-corrected chi connectivity index (χ1v) is 10.4. The normalized spacial score (nSPS) is 16.5. The molecule has 0 aliphatic carbocycles. The van der Waals surface area contributed by atoms with Crippen molar-refractivity contribution in [2.45, 2.75) is 25.9 Å². The molecule has 1 amide bonds. The van der Waals surface area contributed by atoms with Crippen molar-refractivity contribution >= 4 is 15.9 Å². The van der Waals surface area contributed by atoms with Gasteiger partial charge in [0.15, 0.2) is 0 Å². The molecule has 0 bridgehead atoms. The first kappa shape index (κ1) is 18.6. The molecule has 1 aliphatic heterocycles. The van der Waals surface area contributed by atoms with E-state index in [4.69, 9.17) is 4.42 Å². The van der Waals surface area contributed by atoms with Gasteiger partial charge in [0, 0.05) is 25.2 Å². The summed E-state index contributed by atoms with van der Waals surface area (Å²) < 4.78 is 30.2. The van der Waals surface area contributed by atoms with Gasteiger partial charge in [-0.1, -0.05) is 6.07 Å². The van der Waals surface area contributed by atoms with Crippen molar-refractivity contribution < 1.29 is 17.6 Å². The Kier molecular flexibility index (Phi) is 5.73.